The average Bonchev–Trinajstić information content (AvgIpc) is 3.03. The van der Waals surface area contributed by atoms with Crippen molar-refractivity contribution in [2.45, 2.75) is 70.6 Å². The predicted octanol–water partition coefficient (Wildman–Crippen LogP) is 1.80. The second kappa shape index (κ2) is 5.57. The van der Waals surface area contributed by atoms with Crippen LogP contribution in [-0.4, -0.2) is 58.1 Å². The van der Waals surface area contributed by atoms with Crippen molar-refractivity contribution >= 4 is 5.97 Å². The highest BCUT2D eigenvalue weighted by atomic mass is 16.4. The molecule has 0 bridgehead atoms. The Labute approximate surface area is 110 Å². The maximum atomic E-state index is 10.8. The van der Waals surface area contributed by atoms with Gasteiger partial charge < -0.3 is 5.11 Å². The van der Waals surface area contributed by atoms with Gasteiger partial charge in [0.1, 0.15) is 0 Å². The fraction of sp³-hybridized carbons (Fsp3) is 0.929. The minimum Gasteiger partial charge on any atom is -0.481 e. The molecule has 1 N–H and O–H groups in total. The summed E-state index contributed by atoms with van der Waals surface area (Å²) in [4.78, 5) is 15.8. The van der Waals surface area contributed by atoms with Crippen molar-refractivity contribution in [3.05, 3.63) is 0 Å². The maximum Gasteiger partial charge on any atom is 0.304 e. The Morgan fingerprint density at radius 2 is 2.11 bits per heavy atom. The number of hydrogen-bond donors (Lipinski definition) is 1. The quantitative estimate of drug-likeness (QED) is 0.785. The first-order chi connectivity index (χ1) is 8.49. The number of carbonyl (C=O) groups is 1. The smallest absolute Gasteiger partial charge is 0.304 e. The Kier molecular flexibility index (Phi) is 4.28. The molecule has 2 aliphatic rings. The number of carboxylic acid groups (broad SMARTS) is 1. The minimum atomic E-state index is -0.689. The molecule has 104 valence electrons. The first kappa shape index (κ1) is 13.8. The third kappa shape index (κ3) is 3.23. The molecule has 4 heteroatoms. The summed E-state index contributed by atoms with van der Waals surface area (Å²) < 4.78 is 0. The molecule has 1 aliphatic carbocycles. The molecule has 2 fully saturated rings. The van der Waals surface area contributed by atoms with Crippen molar-refractivity contribution in [3.8, 4) is 0 Å². The average molecular weight is 254 g/mol. The van der Waals surface area contributed by atoms with E-state index in [9.17, 15) is 4.79 Å². The molecule has 1 heterocycles. The van der Waals surface area contributed by atoms with E-state index in [1.807, 2.05) is 0 Å². The summed E-state index contributed by atoms with van der Waals surface area (Å²) in [6.07, 6.45) is 4.16. The van der Waals surface area contributed by atoms with Crippen molar-refractivity contribution in [1.82, 2.24) is 9.80 Å². The monoisotopic (exact) mass is 254 g/mol. The number of likely N-dealkylation sites (tertiary alicyclic amines) is 1. The van der Waals surface area contributed by atoms with E-state index in [4.69, 9.17) is 5.11 Å². The molecule has 1 aliphatic heterocycles. The van der Waals surface area contributed by atoms with Gasteiger partial charge in [-0.2, -0.15) is 0 Å². The van der Waals surface area contributed by atoms with E-state index >= 15 is 0 Å². The lowest BCUT2D eigenvalue weighted by molar-refractivity contribution is -0.137. The molecule has 0 aromatic rings. The molecule has 4 nitrogen and oxygen atoms in total. The maximum absolute atomic E-state index is 10.8. The van der Waals surface area contributed by atoms with Gasteiger partial charge in [0, 0.05) is 37.3 Å². The Morgan fingerprint density at radius 1 is 1.44 bits per heavy atom. The highest BCUT2D eigenvalue weighted by Gasteiger charge is 2.40. The molecular weight excluding hydrogens is 228 g/mol. The molecule has 1 saturated carbocycles. The molecule has 2 rings (SSSR count). The van der Waals surface area contributed by atoms with Gasteiger partial charge in [0.15, 0.2) is 0 Å². The summed E-state index contributed by atoms with van der Waals surface area (Å²) in [5, 5.41) is 8.85. The largest absolute Gasteiger partial charge is 0.481 e. The number of hydrogen-bond acceptors (Lipinski definition) is 3. The first-order valence-electron chi connectivity index (χ1n) is 7.22. The summed E-state index contributed by atoms with van der Waals surface area (Å²) in [6, 6.07) is 2.45. The van der Waals surface area contributed by atoms with Gasteiger partial charge in [0.2, 0.25) is 0 Å². The zero-order valence-corrected chi connectivity index (χ0v) is 11.8. The van der Waals surface area contributed by atoms with Crippen LogP contribution >= 0.6 is 0 Å². The van der Waals surface area contributed by atoms with Gasteiger partial charge in [-0.25, -0.2) is 0 Å². The SMILES string of the molecule is CC(C)N(CCC(=O)O)C1CC(C)N(C2CC2)C1. The summed E-state index contributed by atoms with van der Waals surface area (Å²) in [7, 11) is 0. The predicted molar refractivity (Wildman–Crippen MR) is 71.7 cm³/mol. The van der Waals surface area contributed by atoms with Crippen LogP contribution in [0.25, 0.3) is 0 Å². The molecule has 1 saturated heterocycles. The summed E-state index contributed by atoms with van der Waals surface area (Å²) in [5.74, 6) is -0.689. The van der Waals surface area contributed by atoms with E-state index in [-0.39, 0.29) is 6.42 Å². The Hall–Kier alpha value is -0.610. The molecule has 0 aromatic carbocycles. The Morgan fingerprint density at radius 3 is 2.61 bits per heavy atom. The van der Waals surface area contributed by atoms with E-state index in [1.165, 1.54) is 19.3 Å². The van der Waals surface area contributed by atoms with Gasteiger partial charge in [0.25, 0.3) is 0 Å². The molecule has 0 aromatic heterocycles. The molecule has 0 amide bonds. The standard InChI is InChI=1S/C14H26N2O2/c1-10(2)15(7-6-14(17)18)13-8-11(3)16(9-13)12-4-5-12/h10-13H,4-9H2,1-3H3,(H,17,18). The zero-order chi connectivity index (χ0) is 13.3. The van der Waals surface area contributed by atoms with E-state index in [2.05, 4.69) is 30.6 Å². The lowest BCUT2D eigenvalue weighted by atomic mass is 10.1. The van der Waals surface area contributed by atoms with Crippen molar-refractivity contribution < 1.29 is 9.90 Å². The number of carboxylic acids is 1. The zero-order valence-electron chi connectivity index (χ0n) is 11.8. The first-order valence-corrected chi connectivity index (χ1v) is 7.22. The van der Waals surface area contributed by atoms with Gasteiger partial charge in [-0.1, -0.05) is 0 Å². The van der Waals surface area contributed by atoms with Crippen LogP contribution in [0, 0.1) is 0 Å². The van der Waals surface area contributed by atoms with Gasteiger partial charge in [-0.05, 0) is 40.0 Å². The van der Waals surface area contributed by atoms with Crippen molar-refractivity contribution in [1.29, 1.82) is 0 Å². The fourth-order valence-corrected chi connectivity index (χ4v) is 3.27. The van der Waals surface area contributed by atoms with Crippen molar-refractivity contribution in [2.24, 2.45) is 0 Å². The summed E-state index contributed by atoms with van der Waals surface area (Å²) >= 11 is 0. The number of rotatable bonds is 6. The lowest BCUT2D eigenvalue weighted by Crippen LogP contribution is -2.43. The van der Waals surface area contributed by atoms with E-state index in [0.717, 1.165) is 12.6 Å². The van der Waals surface area contributed by atoms with Crippen LogP contribution in [0.3, 0.4) is 0 Å². The molecule has 0 radical (unpaired) electrons. The van der Waals surface area contributed by atoms with Crippen LogP contribution in [0.4, 0.5) is 0 Å². The van der Waals surface area contributed by atoms with Crippen LogP contribution in [0.1, 0.15) is 46.5 Å². The highest BCUT2D eigenvalue weighted by Crippen LogP contribution is 2.35. The molecule has 0 spiro atoms. The molecule has 18 heavy (non-hydrogen) atoms. The molecule has 2 atom stereocenters. The van der Waals surface area contributed by atoms with Crippen LogP contribution in [0.15, 0.2) is 0 Å². The van der Waals surface area contributed by atoms with Crippen LogP contribution in [-0.2, 0) is 4.79 Å². The van der Waals surface area contributed by atoms with E-state index < -0.39 is 5.97 Å². The van der Waals surface area contributed by atoms with Crippen LogP contribution in [0.2, 0.25) is 0 Å². The topological polar surface area (TPSA) is 43.8 Å². The lowest BCUT2D eigenvalue weighted by Gasteiger charge is -2.32. The van der Waals surface area contributed by atoms with Crippen LogP contribution in [0.5, 0.6) is 0 Å². The van der Waals surface area contributed by atoms with Crippen LogP contribution < -0.4 is 0 Å². The van der Waals surface area contributed by atoms with Gasteiger partial charge in [-0.3, -0.25) is 14.6 Å². The van der Waals surface area contributed by atoms with E-state index in [0.29, 0.717) is 24.7 Å². The second-order valence-electron chi connectivity index (χ2n) is 6.14. The normalized spacial score (nSPS) is 29.4. The minimum absolute atomic E-state index is 0.256. The summed E-state index contributed by atoms with van der Waals surface area (Å²) in [6.45, 7) is 8.47. The molecular formula is C14H26N2O2. The van der Waals surface area contributed by atoms with Gasteiger partial charge >= 0.3 is 5.97 Å². The van der Waals surface area contributed by atoms with E-state index in [1.54, 1.807) is 0 Å². The second-order valence-corrected chi connectivity index (χ2v) is 6.14. The van der Waals surface area contributed by atoms with Crippen molar-refractivity contribution in [3.63, 3.8) is 0 Å². The highest BCUT2D eigenvalue weighted by molar-refractivity contribution is 5.66. The summed E-state index contributed by atoms with van der Waals surface area (Å²) in [5.41, 5.74) is 0. The fourth-order valence-electron chi connectivity index (χ4n) is 3.27. The van der Waals surface area contributed by atoms with Crippen molar-refractivity contribution in [2.75, 3.05) is 13.1 Å². The number of nitrogens with zero attached hydrogens (tertiary/aromatic N) is 2. The Bertz CT molecular complexity index is 302. The number of aliphatic carboxylic acids is 1. The van der Waals surface area contributed by atoms with Gasteiger partial charge in [-0.15, -0.1) is 0 Å². The Balaban J connectivity index is 1.92. The van der Waals surface area contributed by atoms with Gasteiger partial charge in [0.05, 0.1) is 6.42 Å². The third-order valence-corrected chi connectivity index (χ3v) is 4.33. The molecule has 2 unspecified atom stereocenters. The third-order valence-electron chi connectivity index (χ3n) is 4.33.